The topological polar surface area (TPSA) is 50.7 Å². The largest absolute Gasteiger partial charge is 0.490 e. The van der Waals surface area contributed by atoms with E-state index < -0.39 is 0 Å². The number of nitrogens with one attached hydrogen (secondary N) is 1. The lowest BCUT2D eigenvalue weighted by Gasteiger charge is -2.18. The average Bonchev–Trinajstić information content (AvgIpc) is 2.92. The van der Waals surface area contributed by atoms with Crippen LogP contribution in [0.4, 0.5) is 0 Å². The lowest BCUT2D eigenvalue weighted by molar-refractivity contribution is 0.243. The molecule has 0 radical (unpaired) electrons. The zero-order valence-electron chi connectivity index (χ0n) is 11.7. The van der Waals surface area contributed by atoms with Crippen LogP contribution in [0.1, 0.15) is 22.9 Å². The van der Waals surface area contributed by atoms with E-state index in [2.05, 4.69) is 16.8 Å². The number of ether oxygens (including phenoxy) is 2. The summed E-state index contributed by atoms with van der Waals surface area (Å²) < 4.78 is 11.3. The van der Waals surface area contributed by atoms with E-state index in [1.807, 2.05) is 24.3 Å². The molecule has 3 rings (SSSR count). The van der Waals surface area contributed by atoms with Gasteiger partial charge in [0.1, 0.15) is 0 Å². The first-order chi connectivity index (χ1) is 10.4. The van der Waals surface area contributed by atoms with Gasteiger partial charge in [0.15, 0.2) is 11.5 Å². The minimum Gasteiger partial charge on any atom is -0.490 e. The number of aliphatic hydroxyl groups excluding tert-OH is 1. The smallest absolute Gasteiger partial charge is 0.161 e. The van der Waals surface area contributed by atoms with E-state index >= 15 is 0 Å². The van der Waals surface area contributed by atoms with Crippen molar-refractivity contribution in [2.24, 2.45) is 0 Å². The summed E-state index contributed by atoms with van der Waals surface area (Å²) in [6.07, 6.45) is 0.893. The Labute approximate surface area is 128 Å². The summed E-state index contributed by atoms with van der Waals surface area (Å²) in [5.74, 6) is 1.55. The molecule has 0 aliphatic carbocycles. The van der Waals surface area contributed by atoms with Gasteiger partial charge in [0.25, 0.3) is 0 Å². The molecule has 1 aliphatic rings. The number of hydrogen-bond donors (Lipinski definition) is 2. The zero-order valence-corrected chi connectivity index (χ0v) is 12.6. The second-order valence-electron chi connectivity index (χ2n) is 4.95. The third kappa shape index (κ3) is 3.56. The summed E-state index contributed by atoms with van der Waals surface area (Å²) in [6, 6.07) is 9.87. The number of hydrogen-bond acceptors (Lipinski definition) is 5. The molecule has 2 heterocycles. The van der Waals surface area contributed by atoms with Crippen molar-refractivity contribution in [2.45, 2.75) is 19.0 Å². The summed E-state index contributed by atoms with van der Waals surface area (Å²) >= 11 is 1.71. The Balaban J connectivity index is 1.72. The number of rotatable bonds is 5. The van der Waals surface area contributed by atoms with Gasteiger partial charge < -0.3 is 19.9 Å². The standard InChI is InChI=1S/C16H19NO3S/c18-11-14(17-10-13-3-1-8-21-13)12-4-5-15-16(9-12)20-7-2-6-19-15/h1,3-5,8-9,14,17-18H,2,6-7,10-11H2. The fraction of sp³-hybridized carbons (Fsp3) is 0.375. The van der Waals surface area contributed by atoms with Crippen LogP contribution in [0, 0.1) is 0 Å². The van der Waals surface area contributed by atoms with E-state index in [0.29, 0.717) is 13.2 Å². The number of benzene rings is 1. The Morgan fingerprint density at radius 2 is 2.05 bits per heavy atom. The highest BCUT2D eigenvalue weighted by atomic mass is 32.1. The van der Waals surface area contributed by atoms with Gasteiger partial charge in [0.05, 0.1) is 25.9 Å². The predicted molar refractivity (Wildman–Crippen MR) is 83.0 cm³/mol. The van der Waals surface area contributed by atoms with Crippen LogP contribution in [0.3, 0.4) is 0 Å². The summed E-state index contributed by atoms with van der Waals surface area (Å²) in [5, 5.41) is 15.1. The maximum atomic E-state index is 9.64. The molecule has 4 nitrogen and oxygen atoms in total. The molecule has 0 saturated heterocycles. The molecule has 21 heavy (non-hydrogen) atoms. The van der Waals surface area contributed by atoms with E-state index in [1.165, 1.54) is 4.88 Å². The maximum Gasteiger partial charge on any atom is 0.161 e. The van der Waals surface area contributed by atoms with Crippen molar-refractivity contribution in [1.82, 2.24) is 5.32 Å². The van der Waals surface area contributed by atoms with E-state index in [-0.39, 0.29) is 12.6 Å². The Bertz CT molecular complexity index is 571. The second-order valence-corrected chi connectivity index (χ2v) is 5.98. The van der Waals surface area contributed by atoms with Crippen molar-refractivity contribution < 1.29 is 14.6 Å². The Morgan fingerprint density at radius 1 is 1.19 bits per heavy atom. The molecule has 0 spiro atoms. The highest BCUT2D eigenvalue weighted by Crippen LogP contribution is 2.32. The third-order valence-electron chi connectivity index (χ3n) is 3.46. The first kappa shape index (κ1) is 14.4. The summed E-state index contributed by atoms with van der Waals surface area (Å²) in [7, 11) is 0. The minimum atomic E-state index is -0.107. The van der Waals surface area contributed by atoms with E-state index in [1.54, 1.807) is 11.3 Å². The lowest BCUT2D eigenvalue weighted by Crippen LogP contribution is -2.23. The molecule has 1 atom stereocenters. The molecule has 0 fully saturated rings. The van der Waals surface area contributed by atoms with Crippen LogP contribution in [0.5, 0.6) is 11.5 Å². The van der Waals surface area contributed by atoms with E-state index in [0.717, 1.165) is 30.0 Å². The first-order valence-electron chi connectivity index (χ1n) is 7.13. The fourth-order valence-corrected chi connectivity index (χ4v) is 2.98. The monoisotopic (exact) mass is 305 g/mol. The van der Waals surface area contributed by atoms with Crippen LogP contribution in [-0.4, -0.2) is 24.9 Å². The predicted octanol–water partition coefficient (Wildman–Crippen LogP) is 2.73. The molecule has 1 unspecified atom stereocenters. The van der Waals surface area contributed by atoms with E-state index in [4.69, 9.17) is 9.47 Å². The van der Waals surface area contributed by atoms with Crippen molar-refractivity contribution in [3.8, 4) is 11.5 Å². The van der Waals surface area contributed by atoms with Gasteiger partial charge in [-0.05, 0) is 29.1 Å². The fourth-order valence-electron chi connectivity index (χ4n) is 2.32. The first-order valence-corrected chi connectivity index (χ1v) is 8.01. The van der Waals surface area contributed by atoms with Crippen molar-refractivity contribution >= 4 is 11.3 Å². The van der Waals surface area contributed by atoms with Gasteiger partial charge in [0, 0.05) is 17.8 Å². The SMILES string of the molecule is OCC(NCc1cccs1)c1ccc2c(c1)OCCCO2. The third-order valence-corrected chi connectivity index (χ3v) is 4.34. The highest BCUT2D eigenvalue weighted by molar-refractivity contribution is 7.09. The molecule has 0 bridgehead atoms. The van der Waals surface area contributed by atoms with Crippen molar-refractivity contribution in [2.75, 3.05) is 19.8 Å². The Morgan fingerprint density at radius 3 is 2.81 bits per heavy atom. The minimum absolute atomic E-state index is 0.0466. The van der Waals surface area contributed by atoms with E-state index in [9.17, 15) is 5.11 Å². The lowest BCUT2D eigenvalue weighted by atomic mass is 10.1. The Kier molecular flexibility index (Phi) is 4.75. The van der Waals surface area contributed by atoms with Gasteiger partial charge in [-0.25, -0.2) is 0 Å². The molecule has 112 valence electrons. The Hall–Kier alpha value is -1.56. The van der Waals surface area contributed by atoms with Crippen LogP contribution in [-0.2, 0) is 6.54 Å². The van der Waals surface area contributed by atoms with Crippen molar-refractivity contribution in [3.63, 3.8) is 0 Å². The molecular formula is C16H19NO3S. The van der Waals surface area contributed by atoms with Gasteiger partial charge in [-0.2, -0.15) is 0 Å². The normalized spacial score (nSPS) is 15.5. The van der Waals surface area contributed by atoms with Crippen LogP contribution in [0.2, 0.25) is 0 Å². The van der Waals surface area contributed by atoms with Gasteiger partial charge in [0.2, 0.25) is 0 Å². The maximum absolute atomic E-state index is 9.64. The average molecular weight is 305 g/mol. The highest BCUT2D eigenvalue weighted by Gasteiger charge is 2.15. The van der Waals surface area contributed by atoms with Gasteiger partial charge in [-0.1, -0.05) is 12.1 Å². The quantitative estimate of drug-likeness (QED) is 0.892. The summed E-state index contributed by atoms with van der Waals surface area (Å²) in [5.41, 5.74) is 1.01. The molecule has 1 aliphatic heterocycles. The molecule has 1 aromatic carbocycles. The van der Waals surface area contributed by atoms with Gasteiger partial charge in [-0.3, -0.25) is 0 Å². The summed E-state index contributed by atoms with van der Waals surface area (Å²) in [4.78, 5) is 1.25. The molecule has 5 heteroatoms. The van der Waals surface area contributed by atoms with Crippen LogP contribution >= 0.6 is 11.3 Å². The summed E-state index contributed by atoms with van der Waals surface area (Å²) in [6.45, 7) is 2.15. The number of aliphatic hydroxyl groups is 1. The molecule has 0 amide bonds. The zero-order chi connectivity index (χ0) is 14.5. The van der Waals surface area contributed by atoms with Crippen molar-refractivity contribution in [1.29, 1.82) is 0 Å². The van der Waals surface area contributed by atoms with Gasteiger partial charge in [-0.15, -0.1) is 11.3 Å². The van der Waals surface area contributed by atoms with Crippen LogP contribution in [0.25, 0.3) is 0 Å². The van der Waals surface area contributed by atoms with Crippen molar-refractivity contribution in [3.05, 3.63) is 46.2 Å². The molecule has 1 aromatic heterocycles. The van der Waals surface area contributed by atoms with Crippen LogP contribution in [0.15, 0.2) is 35.7 Å². The van der Waals surface area contributed by atoms with Gasteiger partial charge >= 0.3 is 0 Å². The van der Waals surface area contributed by atoms with Crippen LogP contribution < -0.4 is 14.8 Å². The number of thiophene rings is 1. The molecule has 2 N–H and O–H groups in total. The number of fused-ring (bicyclic) bond motifs is 1. The second kappa shape index (κ2) is 6.93. The molecular weight excluding hydrogens is 286 g/mol. The molecule has 2 aromatic rings. The molecule has 0 saturated carbocycles.